The largest absolute Gasteiger partial charge is 0.289 e. The molecule has 2 aromatic carbocycles. The minimum absolute atomic E-state index is 0.103. The van der Waals surface area contributed by atoms with Crippen molar-refractivity contribution in [2.24, 2.45) is 17.8 Å². The molecule has 2 bridgehead atoms. The van der Waals surface area contributed by atoms with Crippen LogP contribution in [0.3, 0.4) is 0 Å². The van der Waals surface area contributed by atoms with Crippen LogP contribution in [-0.4, -0.2) is 29.5 Å². The summed E-state index contributed by atoms with van der Waals surface area (Å²) >= 11 is 0. The summed E-state index contributed by atoms with van der Waals surface area (Å²) in [7, 11) is -1.71. The summed E-state index contributed by atoms with van der Waals surface area (Å²) in [6.07, 6.45) is 8.48. The van der Waals surface area contributed by atoms with E-state index >= 15 is 0 Å². The number of piperidine rings is 1. The van der Waals surface area contributed by atoms with Crippen LogP contribution in [0.15, 0.2) is 72.9 Å². The van der Waals surface area contributed by atoms with Gasteiger partial charge in [0.2, 0.25) is 0 Å². The number of pyridine rings is 2. The maximum absolute atomic E-state index is 5.66. The first-order chi connectivity index (χ1) is 18.8. The topological polar surface area (TPSA) is 29.0 Å². The first-order valence-electron chi connectivity index (χ1n) is 15.0. The van der Waals surface area contributed by atoms with Crippen LogP contribution in [0.2, 0.25) is 19.6 Å². The third-order valence-corrected chi connectivity index (χ3v) is 12.0. The molecule has 2 fully saturated rings. The molecule has 1 saturated carbocycles. The molecule has 1 aliphatic heterocycles. The highest BCUT2D eigenvalue weighted by Crippen LogP contribution is 2.59. The van der Waals surface area contributed by atoms with Gasteiger partial charge in [0, 0.05) is 29.4 Å². The van der Waals surface area contributed by atoms with Gasteiger partial charge in [-0.15, -0.1) is 0 Å². The second-order valence-corrected chi connectivity index (χ2v) is 18.7. The van der Waals surface area contributed by atoms with Crippen molar-refractivity contribution in [2.45, 2.75) is 70.8 Å². The molecule has 2 aromatic heterocycles. The zero-order valence-corrected chi connectivity index (χ0v) is 25.0. The molecule has 3 nitrogen and oxygen atoms in total. The smallest absolute Gasteiger partial charge is 0.0804 e. The van der Waals surface area contributed by atoms with Crippen molar-refractivity contribution < 1.29 is 0 Å². The number of benzene rings is 2. The molecular formula is C35H41N3Si. The number of hydrogen-bond acceptors (Lipinski definition) is 3. The SMILES string of the molecule is C[C@@H]1C[C@H]2Cc3nc(-c4cnc5ccccc5c4)c([Si](C)(C)C)cc3[C@@]3(C1)[C@@H]2CCCN3Cc1ccccc1. The molecule has 0 spiro atoms. The fraction of sp³-hybridized carbons (Fsp3) is 0.429. The lowest BCUT2D eigenvalue weighted by molar-refractivity contribution is -0.0967. The summed E-state index contributed by atoms with van der Waals surface area (Å²) < 4.78 is 0. The van der Waals surface area contributed by atoms with Gasteiger partial charge in [-0.1, -0.05) is 81.2 Å². The fourth-order valence-corrected chi connectivity index (χ4v) is 9.92. The standard InChI is InChI=1S/C35H41N3Si/c1-24-17-27-19-32-30(35(21-24)29(27)14-10-16-38(35)23-25-11-6-5-7-12-25)20-33(39(2,3)4)34(37-32)28-18-26-13-8-9-15-31(26)36-22-28/h5-9,11-13,15,18,20,22,24,27,29H,10,14,16-17,19,21,23H2,1-4H3/t24-,27+,29-,35-/m1/s1. The van der Waals surface area contributed by atoms with Gasteiger partial charge < -0.3 is 0 Å². The van der Waals surface area contributed by atoms with Crippen molar-refractivity contribution in [3.63, 3.8) is 0 Å². The van der Waals surface area contributed by atoms with Crippen LogP contribution in [0.4, 0.5) is 0 Å². The van der Waals surface area contributed by atoms with Crippen LogP contribution in [0.5, 0.6) is 0 Å². The Labute approximate surface area is 234 Å². The Morgan fingerprint density at radius 1 is 1.00 bits per heavy atom. The number of aromatic nitrogens is 2. The second kappa shape index (κ2) is 9.38. The number of rotatable bonds is 4. The highest BCUT2D eigenvalue weighted by Gasteiger charge is 2.57. The molecule has 3 aliphatic rings. The Balaban J connectivity index is 1.43. The van der Waals surface area contributed by atoms with Gasteiger partial charge in [-0.3, -0.25) is 14.9 Å². The van der Waals surface area contributed by atoms with E-state index in [1.165, 1.54) is 65.3 Å². The molecule has 0 radical (unpaired) electrons. The Hall–Kier alpha value is -2.82. The van der Waals surface area contributed by atoms with Crippen LogP contribution in [0.1, 0.15) is 49.4 Å². The normalized spacial score (nSPS) is 26.7. The predicted octanol–water partition coefficient (Wildman–Crippen LogP) is 7.55. The highest BCUT2D eigenvalue weighted by molar-refractivity contribution is 6.89. The van der Waals surface area contributed by atoms with Crippen molar-refractivity contribution in [1.82, 2.24) is 14.9 Å². The van der Waals surface area contributed by atoms with Crippen molar-refractivity contribution in [3.8, 4) is 11.3 Å². The van der Waals surface area contributed by atoms with E-state index in [4.69, 9.17) is 9.97 Å². The number of likely N-dealkylation sites (tertiary alicyclic amines) is 1. The molecule has 4 aromatic rings. The van der Waals surface area contributed by atoms with E-state index in [0.717, 1.165) is 36.2 Å². The van der Waals surface area contributed by atoms with E-state index in [0.29, 0.717) is 0 Å². The van der Waals surface area contributed by atoms with Crippen molar-refractivity contribution in [1.29, 1.82) is 0 Å². The summed E-state index contributed by atoms with van der Waals surface area (Å²) in [6, 6.07) is 24.6. The van der Waals surface area contributed by atoms with E-state index in [1.807, 2.05) is 0 Å². The van der Waals surface area contributed by atoms with Gasteiger partial charge in [-0.2, -0.15) is 0 Å². The molecule has 0 amide bonds. The third kappa shape index (κ3) is 4.19. The lowest BCUT2D eigenvalue weighted by Crippen LogP contribution is -2.62. The molecule has 0 unspecified atom stereocenters. The molecular weight excluding hydrogens is 490 g/mol. The van der Waals surface area contributed by atoms with Crippen LogP contribution in [0, 0.1) is 17.8 Å². The molecule has 4 heteroatoms. The van der Waals surface area contributed by atoms with Crippen LogP contribution >= 0.6 is 0 Å². The average Bonchev–Trinajstić information content (AvgIpc) is 2.92. The summed E-state index contributed by atoms with van der Waals surface area (Å²) in [5, 5.41) is 2.69. The zero-order valence-electron chi connectivity index (χ0n) is 24.0. The summed E-state index contributed by atoms with van der Waals surface area (Å²) in [4.78, 5) is 13.4. The molecule has 0 N–H and O–H groups in total. The van der Waals surface area contributed by atoms with Gasteiger partial charge in [0.25, 0.3) is 0 Å². The van der Waals surface area contributed by atoms with Gasteiger partial charge >= 0.3 is 0 Å². The minimum Gasteiger partial charge on any atom is -0.289 e. The number of para-hydroxylation sites is 1. The lowest BCUT2D eigenvalue weighted by atomic mass is 9.53. The van der Waals surface area contributed by atoms with Crippen molar-refractivity contribution in [3.05, 3.63) is 89.7 Å². The Bertz CT molecular complexity index is 1520. The second-order valence-electron chi connectivity index (χ2n) is 13.6. The molecule has 200 valence electrons. The number of nitrogens with zero attached hydrogens (tertiary/aromatic N) is 3. The van der Waals surface area contributed by atoms with Crippen molar-refractivity contribution >= 4 is 24.2 Å². The van der Waals surface area contributed by atoms with Gasteiger partial charge in [-0.25, -0.2) is 0 Å². The first kappa shape index (κ1) is 25.2. The molecule has 39 heavy (non-hydrogen) atoms. The van der Waals surface area contributed by atoms with Crippen molar-refractivity contribution in [2.75, 3.05) is 6.54 Å². The fourth-order valence-electron chi connectivity index (χ4n) is 8.43. The summed E-state index contributed by atoms with van der Waals surface area (Å²) in [6.45, 7) is 12.2. The van der Waals surface area contributed by atoms with Gasteiger partial charge in [0.05, 0.1) is 24.8 Å². The molecule has 4 atom stereocenters. The number of fused-ring (bicyclic) bond motifs is 2. The maximum atomic E-state index is 5.66. The van der Waals surface area contributed by atoms with E-state index in [2.05, 4.69) is 104 Å². The molecule has 1 saturated heterocycles. The van der Waals surface area contributed by atoms with Crippen LogP contribution in [0.25, 0.3) is 22.2 Å². The lowest BCUT2D eigenvalue weighted by Gasteiger charge is -2.62. The summed E-state index contributed by atoms with van der Waals surface area (Å²) in [5.41, 5.74) is 7.90. The van der Waals surface area contributed by atoms with E-state index < -0.39 is 8.07 Å². The van der Waals surface area contributed by atoms with Gasteiger partial charge in [0.15, 0.2) is 0 Å². The first-order valence-corrected chi connectivity index (χ1v) is 18.5. The highest BCUT2D eigenvalue weighted by atomic mass is 28.3. The Morgan fingerprint density at radius 2 is 1.79 bits per heavy atom. The Kier molecular flexibility index (Phi) is 6.05. The van der Waals surface area contributed by atoms with Gasteiger partial charge in [0.1, 0.15) is 0 Å². The average molecular weight is 532 g/mol. The Morgan fingerprint density at radius 3 is 2.62 bits per heavy atom. The zero-order chi connectivity index (χ0) is 26.8. The van der Waals surface area contributed by atoms with Gasteiger partial charge in [-0.05, 0) is 84.8 Å². The quantitative estimate of drug-likeness (QED) is 0.255. The maximum Gasteiger partial charge on any atom is 0.0804 e. The van der Waals surface area contributed by atoms with E-state index in [9.17, 15) is 0 Å². The third-order valence-electron chi connectivity index (χ3n) is 9.97. The van der Waals surface area contributed by atoms with E-state index in [-0.39, 0.29) is 5.54 Å². The van der Waals surface area contributed by atoms with E-state index in [1.54, 1.807) is 5.56 Å². The number of hydrogen-bond donors (Lipinski definition) is 0. The van der Waals surface area contributed by atoms with Crippen LogP contribution in [-0.2, 0) is 18.5 Å². The monoisotopic (exact) mass is 531 g/mol. The van der Waals surface area contributed by atoms with Crippen LogP contribution < -0.4 is 5.19 Å². The molecule has 7 rings (SSSR count). The minimum atomic E-state index is -1.71. The molecule has 2 aliphatic carbocycles. The summed E-state index contributed by atoms with van der Waals surface area (Å²) in [5.74, 6) is 2.21. The molecule has 3 heterocycles. The predicted molar refractivity (Wildman–Crippen MR) is 165 cm³/mol.